The summed E-state index contributed by atoms with van der Waals surface area (Å²) in [6, 6.07) is 6.28. The van der Waals surface area contributed by atoms with E-state index >= 15 is 0 Å². The first-order chi connectivity index (χ1) is 9.38. The van der Waals surface area contributed by atoms with Crippen molar-refractivity contribution in [3.05, 3.63) is 58.4 Å². The van der Waals surface area contributed by atoms with Gasteiger partial charge in [0.25, 0.3) is 0 Å². The first-order valence-electron chi connectivity index (χ1n) is 5.39. The Hall–Kier alpha value is -1.79. The van der Waals surface area contributed by atoms with Gasteiger partial charge in [0.1, 0.15) is 4.99 Å². The van der Waals surface area contributed by atoms with Crippen molar-refractivity contribution in [2.75, 3.05) is 5.32 Å². The molecular formula is C13H8ClF3N2S. The zero-order chi connectivity index (χ0) is 14.9. The van der Waals surface area contributed by atoms with Gasteiger partial charge in [0, 0.05) is 34.1 Å². The molecule has 20 heavy (non-hydrogen) atoms. The topological polar surface area (TPSA) is 38.0 Å². The van der Waals surface area contributed by atoms with Gasteiger partial charge >= 0.3 is 0 Å². The Kier molecular flexibility index (Phi) is 4.15. The van der Waals surface area contributed by atoms with Crippen molar-refractivity contribution in [3.63, 3.8) is 0 Å². The van der Waals surface area contributed by atoms with Crippen LogP contribution < -0.4 is 11.1 Å². The fourth-order valence-electron chi connectivity index (χ4n) is 1.61. The molecule has 2 aromatic carbocycles. The van der Waals surface area contributed by atoms with E-state index in [1.807, 2.05) is 0 Å². The van der Waals surface area contributed by atoms with E-state index in [0.29, 0.717) is 16.3 Å². The second-order valence-corrected chi connectivity index (χ2v) is 4.81. The van der Waals surface area contributed by atoms with Crippen molar-refractivity contribution < 1.29 is 13.2 Å². The van der Waals surface area contributed by atoms with E-state index in [2.05, 4.69) is 5.32 Å². The summed E-state index contributed by atoms with van der Waals surface area (Å²) in [7, 11) is 0. The van der Waals surface area contributed by atoms with E-state index < -0.39 is 17.5 Å². The lowest BCUT2D eigenvalue weighted by Crippen LogP contribution is -2.12. The van der Waals surface area contributed by atoms with Gasteiger partial charge in [0.15, 0.2) is 17.5 Å². The molecule has 0 amide bonds. The Balaban J connectivity index is 2.42. The fourth-order valence-corrected chi connectivity index (χ4v) is 1.95. The van der Waals surface area contributed by atoms with Crippen LogP contribution in [0.4, 0.5) is 24.5 Å². The standard InChI is InChI=1S/C13H8ClF3N2S/c14-6-1-2-11(8(3-6)13(18)20)19-7-4-9(15)12(17)10(16)5-7/h1-5,19H,(H2,18,20). The number of benzene rings is 2. The number of rotatable bonds is 3. The maximum absolute atomic E-state index is 13.1. The first kappa shape index (κ1) is 14.6. The van der Waals surface area contributed by atoms with Crippen LogP contribution in [0, 0.1) is 17.5 Å². The normalized spacial score (nSPS) is 10.4. The third-order valence-electron chi connectivity index (χ3n) is 2.51. The van der Waals surface area contributed by atoms with Crippen molar-refractivity contribution >= 4 is 40.2 Å². The summed E-state index contributed by atoms with van der Waals surface area (Å²) >= 11 is 10.7. The van der Waals surface area contributed by atoms with Crippen molar-refractivity contribution in [1.29, 1.82) is 0 Å². The third-order valence-corrected chi connectivity index (χ3v) is 2.96. The van der Waals surface area contributed by atoms with Crippen LogP contribution in [0.2, 0.25) is 5.02 Å². The zero-order valence-corrected chi connectivity index (χ0v) is 11.5. The first-order valence-corrected chi connectivity index (χ1v) is 6.18. The molecule has 0 aliphatic heterocycles. The van der Waals surface area contributed by atoms with Crippen LogP contribution in [-0.4, -0.2) is 4.99 Å². The van der Waals surface area contributed by atoms with Crippen molar-refractivity contribution in [3.8, 4) is 0 Å². The predicted octanol–water partition coefficient (Wildman–Crippen LogP) is 4.14. The number of halogens is 4. The lowest BCUT2D eigenvalue weighted by molar-refractivity contribution is 0.448. The molecule has 0 aromatic heterocycles. The van der Waals surface area contributed by atoms with Gasteiger partial charge in [-0.15, -0.1) is 0 Å². The van der Waals surface area contributed by atoms with Crippen LogP contribution in [0.3, 0.4) is 0 Å². The Labute approximate surface area is 123 Å². The highest BCUT2D eigenvalue weighted by Gasteiger charge is 2.12. The van der Waals surface area contributed by atoms with E-state index in [1.165, 1.54) is 6.07 Å². The second kappa shape index (κ2) is 5.68. The molecule has 2 rings (SSSR count). The van der Waals surface area contributed by atoms with Crippen molar-refractivity contribution in [2.45, 2.75) is 0 Å². The Morgan fingerprint density at radius 2 is 1.70 bits per heavy atom. The molecule has 2 aromatic rings. The number of nitrogens with two attached hydrogens (primary N) is 1. The molecule has 0 unspecified atom stereocenters. The van der Waals surface area contributed by atoms with Gasteiger partial charge in [0.2, 0.25) is 0 Å². The highest BCUT2D eigenvalue weighted by molar-refractivity contribution is 7.80. The van der Waals surface area contributed by atoms with Crippen molar-refractivity contribution in [2.24, 2.45) is 5.73 Å². The lowest BCUT2D eigenvalue weighted by atomic mass is 10.1. The summed E-state index contributed by atoms with van der Waals surface area (Å²) in [4.78, 5) is 0.0676. The summed E-state index contributed by atoms with van der Waals surface area (Å²) in [5.41, 5.74) is 6.40. The molecule has 0 atom stereocenters. The monoisotopic (exact) mass is 316 g/mol. The smallest absolute Gasteiger partial charge is 0.194 e. The van der Waals surface area contributed by atoms with Gasteiger partial charge in [0.05, 0.1) is 0 Å². The molecule has 0 bridgehead atoms. The highest BCUT2D eigenvalue weighted by Crippen LogP contribution is 2.26. The van der Waals surface area contributed by atoms with E-state index in [-0.39, 0.29) is 10.7 Å². The molecule has 7 heteroatoms. The van der Waals surface area contributed by atoms with Gasteiger partial charge in [-0.2, -0.15) is 0 Å². The predicted molar refractivity (Wildman–Crippen MR) is 76.9 cm³/mol. The number of thiocarbonyl (C=S) groups is 1. The molecule has 0 fully saturated rings. The molecule has 104 valence electrons. The number of hydrogen-bond acceptors (Lipinski definition) is 2. The molecule has 0 radical (unpaired) electrons. The zero-order valence-electron chi connectivity index (χ0n) is 9.88. The Bertz CT molecular complexity index is 668. The van der Waals surface area contributed by atoms with E-state index in [9.17, 15) is 13.2 Å². The van der Waals surface area contributed by atoms with Gasteiger partial charge in [-0.05, 0) is 18.2 Å². The molecule has 0 heterocycles. The molecule has 0 aliphatic carbocycles. The van der Waals surface area contributed by atoms with Crippen LogP contribution in [-0.2, 0) is 0 Å². The van der Waals surface area contributed by atoms with Crippen LogP contribution in [0.25, 0.3) is 0 Å². The average molecular weight is 317 g/mol. The molecule has 0 saturated carbocycles. The van der Waals surface area contributed by atoms with Crippen LogP contribution in [0.1, 0.15) is 5.56 Å². The Morgan fingerprint density at radius 1 is 1.10 bits per heavy atom. The molecule has 0 spiro atoms. The van der Waals surface area contributed by atoms with Crippen LogP contribution in [0.15, 0.2) is 30.3 Å². The third kappa shape index (κ3) is 3.02. The number of nitrogens with one attached hydrogen (secondary N) is 1. The quantitative estimate of drug-likeness (QED) is 0.660. The molecule has 0 saturated heterocycles. The van der Waals surface area contributed by atoms with Crippen LogP contribution in [0.5, 0.6) is 0 Å². The molecule has 3 N–H and O–H groups in total. The van der Waals surface area contributed by atoms with Gasteiger partial charge < -0.3 is 11.1 Å². The minimum absolute atomic E-state index is 0.0289. The minimum Gasteiger partial charge on any atom is -0.389 e. The van der Waals surface area contributed by atoms with E-state index in [0.717, 1.165) is 12.1 Å². The van der Waals surface area contributed by atoms with Gasteiger partial charge in [-0.3, -0.25) is 0 Å². The van der Waals surface area contributed by atoms with Crippen molar-refractivity contribution in [1.82, 2.24) is 0 Å². The summed E-state index contributed by atoms with van der Waals surface area (Å²) in [5.74, 6) is -4.11. The summed E-state index contributed by atoms with van der Waals surface area (Å²) in [5, 5.41) is 3.13. The summed E-state index contributed by atoms with van der Waals surface area (Å²) in [6.07, 6.45) is 0. The second-order valence-electron chi connectivity index (χ2n) is 3.93. The van der Waals surface area contributed by atoms with Gasteiger partial charge in [-0.1, -0.05) is 23.8 Å². The maximum Gasteiger partial charge on any atom is 0.194 e. The summed E-state index contributed by atoms with van der Waals surface area (Å²) in [6.45, 7) is 0. The highest BCUT2D eigenvalue weighted by atomic mass is 35.5. The summed E-state index contributed by atoms with van der Waals surface area (Å²) < 4.78 is 39.2. The van der Waals surface area contributed by atoms with Gasteiger partial charge in [-0.25, -0.2) is 13.2 Å². The number of anilines is 2. The lowest BCUT2D eigenvalue weighted by Gasteiger charge is -2.12. The fraction of sp³-hybridized carbons (Fsp3) is 0. The average Bonchev–Trinajstić information content (AvgIpc) is 2.37. The minimum atomic E-state index is -1.53. The SMILES string of the molecule is NC(=S)c1cc(Cl)ccc1Nc1cc(F)c(F)c(F)c1. The number of hydrogen-bond donors (Lipinski definition) is 2. The largest absolute Gasteiger partial charge is 0.389 e. The molecular weight excluding hydrogens is 309 g/mol. The van der Waals surface area contributed by atoms with E-state index in [1.54, 1.807) is 12.1 Å². The van der Waals surface area contributed by atoms with Crippen LogP contribution >= 0.6 is 23.8 Å². The molecule has 2 nitrogen and oxygen atoms in total. The maximum atomic E-state index is 13.1. The molecule has 0 aliphatic rings. The van der Waals surface area contributed by atoms with E-state index in [4.69, 9.17) is 29.6 Å². The Morgan fingerprint density at radius 3 is 2.25 bits per heavy atom.